The molecule has 0 bridgehead atoms. The molecule has 1 aromatic heterocycles. The van der Waals surface area contributed by atoms with E-state index in [0.29, 0.717) is 26.2 Å². The van der Waals surface area contributed by atoms with Gasteiger partial charge in [-0.2, -0.15) is 0 Å². The summed E-state index contributed by atoms with van der Waals surface area (Å²) >= 11 is 0. The van der Waals surface area contributed by atoms with Crippen LogP contribution in [0, 0.1) is 5.92 Å². The molecular weight excluding hydrogens is 332 g/mol. The molecule has 3 rings (SSSR count). The van der Waals surface area contributed by atoms with Crippen LogP contribution in [0.1, 0.15) is 32.6 Å². The fourth-order valence-corrected chi connectivity index (χ4v) is 3.74. The van der Waals surface area contributed by atoms with Crippen molar-refractivity contribution in [2.45, 2.75) is 44.8 Å². The second kappa shape index (κ2) is 8.49. The zero-order valence-corrected chi connectivity index (χ0v) is 15.3. The van der Waals surface area contributed by atoms with Crippen molar-refractivity contribution in [3.05, 3.63) is 24.5 Å². The van der Waals surface area contributed by atoms with Gasteiger partial charge in [-0.25, -0.2) is 0 Å². The summed E-state index contributed by atoms with van der Waals surface area (Å²) in [6.07, 6.45) is 6.71. The van der Waals surface area contributed by atoms with Crippen LogP contribution in [0.3, 0.4) is 0 Å². The molecule has 7 heteroatoms. The Morgan fingerprint density at radius 1 is 1.08 bits per heavy atom. The van der Waals surface area contributed by atoms with Gasteiger partial charge in [0, 0.05) is 64.4 Å². The third kappa shape index (κ3) is 4.72. The lowest BCUT2D eigenvalue weighted by Gasteiger charge is -2.35. The van der Waals surface area contributed by atoms with E-state index in [0.717, 1.165) is 31.4 Å². The van der Waals surface area contributed by atoms with Gasteiger partial charge in [0.25, 0.3) is 0 Å². The van der Waals surface area contributed by atoms with Gasteiger partial charge in [0.05, 0.1) is 5.92 Å². The van der Waals surface area contributed by atoms with Gasteiger partial charge in [0.2, 0.25) is 11.8 Å². The molecule has 2 aliphatic rings. The number of aromatic nitrogens is 1. The van der Waals surface area contributed by atoms with E-state index in [-0.39, 0.29) is 29.9 Å². The van der Waals surface area contributed by atoms with Gasteiger partial charge in [0.1, 0.15) is 11.9 Å². The highest BCUT2D eigenvalue weighted by Crippen LogP contribution is 2.23. The zero-order valence-electron chi connectivity index (χ0n) is 15.3. The summed E-state index contributed by atoms with van der Waals surface area (Å²) in [4.78, 5) is 32.4. The molecule has 2 atom stereocenters. The molecule has 2 amide bonds. The van der Waals surface area contributed by atoms with E-state index in [1.54, 1.807) is 24.2 Å². The normalized spacial score (nSPS) is 24.8. The minimum atomic E-state index is -0.148. The van der Waals surface area contributed by atoms with Crippen molar-refractivity contribution in [3.8, 4) is 5.75 Å². The first-order valence-electron chi connectivity index (χ1n) is 9.39. The van der Waals surface area contributed by atoms with E-state index in [1.807, 2.05) is 17.0 Å². The number of ether oxygens (including phenoxy) is 1. The first-order valence-corrected chi connectivity index (χ1v) is 9.39. The van der Waals surface area contributed by atoms with E-state index < -0.39 is 0 Å². The van der Waals surface area contributed by atoms with Crippen LogP contribution in [0.25, 0.3) is 0 Å². The minimum absolute atomic E-state index is 0.00962. The molecule has 0 radical (unpaired) electrons. The number of amides is 2. The number of hydrogen-bond acceptors (Lipinski definition) is 5. The minimum Gasteiger partial charge on any atom is -0.490 e. The lowest BCUT2D eigenvalue weighted by atomic mass is 9.98. The Kier molecular flexibility index (Phi) is 6.08. The first kappa shape index (κ1) is 18.6. The number of likely N-dealkylation sites (tertiary alicyclic amines) is 2. The Labute approximate surface area is 154 Å². The fraction of sp³-hybridized carbons (Fsp3) is 0.632. The summed E-state index contributed by atoms with van der Waals surface area (Å²) in [5.41, 5.74) is 6.06. The van der Waals surface area contributed by atoms with E-state index in [9.17, 15) is 9.59 Å². The maximum atomic E-state index is 12.9. The molecule has 0 aromatic carbocycles. The number of rotatable bonds is 3. The number of nitrogens with zero attached hydrogens (tertiary/aromatic N) is 3. The van der Waals surface area contributed by atoms with Gasteiger partial charge in [-0.05, 0) is 25.0 Å². The average Bonchev–Trinajstić information content (AvgIpc) is 2.85. The standard InChI is InChI=1S/C19H28N4O3/c1-14(24)23-12-15(2-3-16(20)13-23)19(25)22-10-6-18(7-11-22)26-17-4-8-21-9-5-17/h4-5,8-9,15-16,18H,2-3,6-7,10-13,20H2,1H3/t15-,16+/m1/s1. The summed E-state index contributed by atoms with van der Waals surface area (Å²) in [7, 11) is 0. The second-order valence-corrected chi connectivity index (χ2v) is 7.28. The molecule has 142 valence electrons. The molecule has 0 aliphatic carbocycles. The van der Waals surface area contributed by atoms with Gasteiger partial charge in [0.15, 0.2) is 0 Å². The predicted molar refractivity (Wildman–Crippen MR) is 97.4 cm³/mol. The lowest BCUT2D eigenvalue weighted by Crippen LogP contribution is -2.47. The van der Waals surface area contributed by atoms with E-state index in [2.05, 4.69) is 4.98 Å². The van der Waals surface area contributed by atoms with Crippen LogP contribution in [-0.4, -0.2) is 64.9 Å². The summed E-state index contributed by atoms with van der Waals surface area (Å²) in [6, 6.07) is 3.65. The quantitative estimate of drug-likeness (QED) is 0.870. The van der Waals surface area contributed by atoms with Gasteiger partial charge < -0.3 is 20.3 Å². The van der Waals surface area contributed by atoms with Crippen LogP contribution in [0.5, 0.6) is 5.75 Å². The number of hydrogen-bond donors (Lipinski definition) is 1. The molecule has 0 unspecified atom stereocenters. The SMILES string of the molecule is CC(=O)N1C[C@@H](N)CC[C@@H](C(=O)N2CCC(Oc3ccncc3)CC2)C1. The number of nitrogens with two attached hydrogens (primary N) is 1. The highest BCUT2D eigenvalue weighted by molar-refractivity contribution is 5.80. The van der Waals surface area contributed by atoms with Gasteiger partial charge >= 0.3 is 0 Å². The van der Waals surface area contributed by atoms with Crippen molar-refractivity contribution in [1.29, 1.82) is 0 Å². The van der Waals surface area contributed by atoms with Gasteiger partial charge in [-0.15, -0.1) is 0 Å². The molecule has 26 heavy (non-hydrogen) atoms. The van der Waals surface area contributed by atoms with E-state index in [1.165, 1.54) is 0 Å². The number of piperidine rings is 1. The molecule has 2 aliphatic heterocycles. The van der Waals surface area contributed by atoms with Crippen molar-refractivity contribution >= 4 is 11.8 Å². The molecule has 0 spiro atoms. The van der Waals surface area contributed by atoms with Crippen LogP contribution in [0.2, 0.25) is 0 Å². The van der Waals surface area contributed by atoms with Crippen molar-refractivity contribution in [1.82, 2.24) is 14.8 Å². The maximum Gasteiger partial charge on any atom is 0.227 e. The van der Waals surface area contributed by atoms with Crippen molar-refractivity contribution in [2.75, 3.05) is 26.2 Å². The Balaban J connectivity index is 1.53. The summed E-state index contributed by atoms with van der Waals surface area (Å²) in [5.74, 6) is 0.807. The van der Waals surface area contributed by atoms with Crippen LogP contribution in [0.15, 0.2) is 24.5 Å². The Hall–Kier alpha value is -2.15. The third-order valence-electron chi connectivity index (χ3n) is 5.28. The van der Waals surface area contributed by atoms with Gasteiger partial charge in [-0.3, -0.25) is 14.6 Å². The molecule has 2 N–H and O–H groups in total. The number of carbonyl (C=O) groups is 2. The van der Waals surface area contributed by atoms with Gasteiger partial charge in [-0.1, -0.05) is 0 Å². The molecule has 0 saturated carbocycles. The Morgan fingerprint density at radius 3 is 2.42 bits per heavy atom. The predicted octanol–water partition coefficient (Wildman–Crippen LogP) is 1.04. The van der Waals surface area contributed by atoms with Crippen LogP contribution >= 0.6 is 0 Å². The Bertz CT molecular complexity index is 616. The van der Waals surface area contributed by atoms with Crippen LogP contribution in [-0.2, 0) is 9.59 Å². The maximum absolute atomic E-state index is 12.9. The number of pyridine rings is 1. The fourth-order valence-electron chi connectivity index (χ4n) is 3.74. The molecule has 1 aromatic rings. The second-order valence-electron chi connectivity index (χ2n) is 7.28. The van der Waals surface area contributed by atoms with E-state index in [4.69, 9.17) is 10.5 Å². The van der Waals surface area contributed by atoms with Crippen LogP contribution < -0.4 is 10.5 Å². The molecule has 7 nitrogen and oxygen atoms in total. The van der Waals surface area contributed by atoms with Crippen molar-refractivity contribution in [2.24, 2.45) is 11.7 Å². The van der Waals surface area contributed by atoms with Crippen molar-refractivity contribution in [3.63, 3.8) is 0 Å². The largest absolute Gasteiger partial charge is 0.490 e. The highest BCUT2D eigenvalue weighted by atomic mass is 16.5. The molecular formula is C19H28N4O3. The summed E-state index contributed by atoms with van der Waals surface area (Å²) in [5, 5.41) is 0. The molecule has 2 saturated heterocycles. The molecule has 2 fully saturated rings. The summed E-state index contributed by atoms with van der Waals surface area (Å²) in [6.45, 7) is 3.95. The monoisotopic (exact) mass is 360 g/mol. The summed E-state index contributed by atoms with van der Waals surface area (Å²) < 4.78 is 5.96. The first-order chi connectivity index (χ1) is 12.5. The third-order valence-corrected chi connectivity index (χ3v) is 5.28. The topological polar surface area (TPSA) is 88.8 Å². The van der Waals surface area contributed by atoms with Crippen molar-refractivity contribution < 1.29 is 14.3 Å². The number of carbonyl (C=O) groups excluding carboxylic acids is 2. The molecule has 3 heterocycles. The zero-order chi connectivity index (χ0) is 18.5. The Morgan fingerprint density at radius 2 is 1.77 bits per heavy atom. The smallest absolute Gasteiger partial charge is 0.227 e. The highest BCUT2D eigenvalue weighted by Gasteiger charge is 2.33. The lowest BCUT2D eigenvalue weighted by molar-refractivity contribution is -0.139. The van der Waals surface area contributed by atoms with Crippen LogP contribution in [0.4, 0.5) is 0 Å². The van der Waals surface area contributed by atoms with E-state index >= 15 is 0 Å². The average molecular weight is 360 g/mol.